The van der Waals surface area contributed by atoms with Crippen LogP contribution in [0.15, 0.2) is 60.7 Å². The molecule has 40 heavy (non-hydrogen) atoms. The number of carbonyl (C=O) groups is 2. The maximum absolute atomic E-state index is 13.6. The summed E-state index contributed by atoms with van der Waals surface area (Å²) in [6.45, 7) is 0.0432. The molecule has 12 nitrogen and oxygen atoms in total. The summed E-state index contributed by atoms with van der Waals surface area (Å²) in [7, 11) is 2.69. The molecule has 10 atom stereocenters. The first-order chi connectivity index (χ1) is 19.6. The smallest absolute Gasteiger partial charge is 0.364 e. The maximum atomic E-state index is 13.6. The van der Waals surface area contributed by atoms with Crippen molar-refractivity contribution in [2.45, 2.75) is 61.8 Å². The predicted molar refractivity (Wildman–Crippen MR) is 131 cm³/mol. The number of hydrogen-bond donors (Lipinski definition) is 0. The Morgan fingerprint density at radius 1 is 0.625 bits per heavy atom. The minimum atomic E-state index is -1.48. The SMILES string of the molecule is CO[C@H]1O[C@@H]2CO[C@@H](c3ccccc3)O[C@H]2C(=O)O[C@H]2[C@@H](OC)O[C@@H]3CO[C@@H](c4ccccc4)O[C@H]3[C@@H]2OC1=O. The Balaban J connectivity index is 1.30. The van der Waals surface area contributed by atoms with Crippen LogP contribution in [0.3, 0.4) is 0 Å². The molecular formula is C28H30O12. The van der Waals surface area contributed by atoms with Crippen LogP contribution in [0.1, 0.15) is 23.7 Å². The van der Waals surface area contributed by atoms with Crippen molar-refractivity contribution in [3.8, 4) is 0 Å². The number of hydrogen-bond acceptors (Lipinski definition) is 12. The third-order valence-corrected chi connectivity index (χ3v) is 7.12. The van der Waals surface area contributed by atoms with E-state index in [2.05, 4.69) is 0 Å². The van der Waals surface area contributed by atoms with Gasteiger partial charge in [-0.3, -0.25) is 0 Å². The molecule has 2 aromatic rings. The number of fused-ring (bicyclic) bond motifs is 4. The van der Waals surface area contributed by atoms with E-state index in [1.807, 2.05) is 60.7 Å². The van der Waals surface area contributed by atoms with Gasteiger partial charge in [-0.15, -0.1) is 0 Å². The molecule has 0 unspecified atom stereocenters. The molecule has 214 valence electrons. The van der Waals surface area contributed by atoms with Gasteiger partial charge in [0, 0.05) is 25.3 Å². The topological polar surface area (TPSA) is 126 Å². The summed E-state index contributed by atoms with van der Waals surface area (Å²) < 4.78 is 58.4. The molecule has 0 amide bonds. The molecule has 0 radical (unpaired) electrons. The van der Waals surface area contributed by atoms with E-state index in [-0.39, 0.29) is 13.2 Å². The molecule has 12 heteroatoms. The highest BCUT2D eigenvalue weighted by atomic mass is 16.8. The second kappa shape index (κ2) is 11.9. The molecule has 4 aliphatic heterocycles. The summed E-state index contributed by atoms with van der Waals surface area (Å²) in [6, 6.07) is 18.4. The Morgan fingerprint density at radius 2 is 1.23 bits per heavy atom. The van der Waals surface area contributed by atoms with E-state index in [1.54, 1.807) is 0 Å². The second-order valence-corrected chi connectivity index (χ2v) is 9.63. The molecule has 6 rings (SSSR count). The normalized spacial score (nSPS) is 38.1. The van der Waals surface area contributed by atoms with Gasteiger partial charge < -0.3 is 47.4 Å². The molecule has 2 aromatic carbocycles. The molecule has 4 heterocycles. The molecule has 0 aromatic heterocycles. The highest BCUT2D eigenvalue weighted by Gasteiger charge is 2.56. The van der Waals surface area contributed by atoms with Crippen LogP contribution in [-0.2, 0) is 57.0 Å². The lowest BCUT2D eigenvalue weighted by Gasteiger charge is -2.48. The molecule has 4 fully saturated rings. The lowest BCUT2D eigenvalue weighted by Crippen LogP contribution is -2.66. The van der Waals surface area contributed by atoms with Crippen LogP contribution in [0.25, 0.3) is 0 Å². The summed E-state index contributed by atoms with van der Waals surface area (Å²) >= 11 is 0. The van der Waals surface area contributed by atoms with Crippen molar-refractivity contribution in [1.29, 1.82) is 0 Å². The molecule has 0 saturated carbocycles. The minimum absolute atomic E-state index is 0.0747. The third kappa shape index (κ3) is 5.37. The first kappa shape index (κ1) is 27.2. The maximum Gasteiger partial charge on any atom is 0.364 e. The first-order valence-corrected chi connectivity index (χ1v) is 13.0. The summed E-state index contributed by atoms with van der Waals surface area (Å²) in [5, 5.41) is 0. The minimum Gasteiger partial charge on any atom is -0.452 e. The van der Waals surface area contributed by atoms with Crippen molar-refractivity contribution in [3.05, 3.63) is 71.8 Å². The number of benzene rings is 2. The largest absolute Gasteiger partial charge is 0.452 e. The van der Waals surface area contributed by atoms with Gasteiger partial charge in [0.25, 0.3) is 6.29 Å². The fraction of sp³-hybridized carbons (Fsp3) is 0.500. The summed E-state index contributed by atoms with van der Waals surface area (Å²) in [4.78, 5) is 27.0. The van der Waals surface area contributed by atoms with Crippen LogP contribution < -0.4 is 0 Å². The van der Waals surface area contributed by atoms with Gasteiger partial charge in [0.2, 0.25) is 0 Å². The average molecular weight is 559 g/mol. The van der Waals surface area contributed by atoms with Gasteiger partial charge in [-0.25, -0.2) is 9.59 Å². The molecule has 0 bridgehead atoms. The third-order valence-electron chi connectivity index (χ3n) is 7.12. The predicted octanol–water partition coefficient (Wildman–Crippen LogP) is 1.78. The zero-order valence-corrected chi connectivity index (χ0v) is 21.9. The highest BCUT2D eigenvalue weighted by molar-refractivity contribution is 5.77. The number of esters is 2. The summed E-state index contributed by atoms with van der Waals surface area (Å²) in [5.41, 5.74) is 1.46. The van der Waals surface area contributed by atoms with Gasteiger partial charge in [-0.1, -0.05) is 60.7 Å². The number of ether oxygens (including phenoxy) is 10. The Kier molecular flexibility index (Phi) is 8.10. The van der Waals surface area contributed by atoms with Crippen LogP contribution in [-0.4, -0.2) is 88.6 Å². The fourth-order valence-electron chi connectivity index (χ4n) is 5.16. The Hall–Kier alpha value is -2.94. The van der Waals surface area contributed by atoms with Crippen molar-refractivity contribution in [2.75, 3.05) is 27.4 Å². The molecule has 4 aliphatic rings. The van der Waals surface area contributed by atoms with Gasteiger partial charge in [0.05, 0.1) is 13.2 Å². The van der Waals surface area contributed by atoms with Crippen molar-refractivity contribution in [2.24, 2.45) is 0 Å². The standard InChI is InChI=1S/C28H30O12/c1-31-27-22-21(19-17(35-27)13-33-25(39-19)15-9-5-3-6-10-15)37-24(30)28(32-2)36-18-14-34-26(16-11-7-4-8-12-16)40-20(18)23(29)38-22/h3-12,17-22,25-28H,13-14H2,1-2H3/t17-,18-,19-,20-,21+,22-,25-,26-,27+,28+/m1/s1. The van der Waals surface area contributed by atoms with E-state index in [4.69, 9.17) is 47.4 Å². The molecule has 0 spiro atoms. The Morgan fingerprint density at radius 3 is 1.85 bits per heavy atom. The average Bonchev–Trinajstić information content (AvgIpc) is 3.01. The van der Waals surface area contributed by atoms with E-state index >= 15 is 0 Å². The molecule has 0 N–H and O–H groups in total. The van der Waals surface area contributed by atoms with Crippen LogP contribution in [0.4, 0.5) is 0 Å². The number of carbonyl (C=O) groups excluding carboxylic acids is 2. The van der Waals surface area contributed by atoms with Crippen molar-refractivity contribution < 1.29 is 57.0 Å². The van der Waals surface area contributed by atoms with E-state index in [0.29, 0.717) is 5.56 Å². The second-order valence-electron chi connectivity index (χ2n) is 9.63. The number of rotatable bonds is 4. The van der Waals surface area contributed by atoms with Gasteiger partial charge >= 0.3 is 11.9 Å². The van der Waals surface area contributed by atoms with Crippen LogP contribution in [0.2, 0.25) is 0 Å². The van der Waals surface area contributed by atoms with Crippen LogP contribution in [0.5, 0.6) is 0 Å². The monoisotopic (exact) mass is 558 g/mol. The van der Waals surface area contributed by atoms with Crippen molar-refractivity contribution in [1.82, 2.24) is 0 Å². The van der Waals surface area contributed by atoms with E-state index in [0.717, 1.165) is 5.56 Å². The highest BCUT2D eigenvalue weighted by Crippen LogP contribution is 2.38. The van der Waals surface area contributed by atoms with Gasteiger partial charge in [-0.05, 0) is 0 Å². The van der Waals surface area contributed by atoms with E-state index < -0.39 is 73.7 Å². The fourth-order valence-corrected chi connectivity index (χ4v) is 5.16. The summed E-state index contributed by atoms with van der Waals surface area (Å²) in [6.07, 6.45) is -10.4. The first-order valence-electron chi connectivity index (χ1n) is 13.0. The zero-order valence-electron chi connectivity index (χ0n) is 21.9. The van der Waals surface area contributed by atoms with E-state index in [1.165, 1.54) is 14.2 Å². The molecular weight excluding hydrogens is 528 g/mol. The zero-order chi connectivity index (χ0) is 27.6. The molecule has 4 saturated heterocycles. The van der Waals surface area contributed by atoms with Crippen LogP contribution >= 0.6 is 0 Å². The number of methoxy groups -OCH3 is 2. The van der Waals surface area contributed by atoms with Gasteiger partial charge in [0.15, 0.2) is 37.2 Å². The Bertz CT molecular complexity index is 1160. The lowest BCUT2D eigenvalue weighted by atomic mass is 9.97. The van der Waals surface area contributed by atoms with Crippen molar-refractivity contribution in [3.63, 3.8) is 0 Å². The van der Waals surface area contributed by atoms with Crippen molar-refractivity contribution >= 4 is 11.9 Å². The van der Waals surface area contributed by atoms with Crippen LogP contribution in [0, 0.1) is 0 Å². The summed E-state index contributed by atoms with van der Waals surface area (Å²) in [5.74, 6) is -1.62. The molecule has 0 aliphatic carbocycles. The quantitative estimate of drug-likeness (QED) is 0.508. The van der Waals surface area contributed by atoms with Gasteiger partial charge in [0.1, 0.15) is 18.3 Å². The van der Waals surface area contributed by atoms with E-state index in [9.17, 15) is 9.59 Å². The van der Waals surface area contributed by atoms with Gasteiger partial charge in [-0.2, -0.15) is 0 Å². The Labute approximate surface area is 230 Å². The lowest BCUT2D eigenvalue weighted by molar-refractivity contribution is -0.366.